The van der Waals surface area contributed by atoms with E-state index in [0.29, 0.717) is 16.9 Å². The SMILES string of the molecule is COc1ccc(C(O)CNC(=O)c2cnc3ccccn23)cc1. The number of ether oxygens (including phenoxy) is 1. The van der Waals surface area contributed by atoms with E-state index in [4.69, 9.17) is 4.74 Å². The number of nitrogens with zero attached hydrogens (tertiary/aromatic N) is 2. The highest BCUT2D eigenvalue weighted by molar-refractivity contribution is 5.93. The number of amides is 1. The number of aliphatic hydroxyl groups is 1. The molecule has 2 N–H and O–H groups in total. The average molecular weight is 311 g/mol. The maximum absolute atomic E-state index is 12.3. The Labute approximate surface area is 133 Å². The quantitative estimate of drug-likeness (QED) is 0.753. The molecule has 1 unspecified atom stereocenters. The van der Waals surface area contributed by atoms with Crippen LogP contribution in [0.25, 0.3) is 5.65 Å². The van der Waals surface area contributed by atoms with Crippen molar-refractivity contribution in [2.75, 3.05) is 13.7 Å². The van der Waals surface area contributed by atoms with Crippen LogP contribution in [0.2, 0.25) is 0 Å². The third-order valence-corrected chi connectivity index (χ3v) is 3.61. The fourth-order valence-corrected chi connectivity index (χ4v) is 2.32. The van der Waals surface area contributed by atoms with Gasteiger partial charge in [0.1, 0.15) is 17.1 Å². The summed E-state index contributed by atoms with van der Waals surface area (Å²) in [5, 5.41) is 12.9. The van der Waals surface area contributed by atoms with Crippen LogP contribution in [0.15, 0.2) is 54.9 Å². The van der Waals surface area contributed by atoms with Gasteiger partial charge in [0.2, 0.25) is 0 Å². The Balaban J connectivity index is 1.66. The molecule has 2 aromatic heterocycles. The highest BCUT2D eigenvalue weighted by Gasteiger charge is 2.14. The second kappa shape index (κ2) is 6.50. The summed E-state index contributed by atoms with van der Waals surface area (Å²) in [5.41, 5.74) is 1.85. The van der Waals surface area contributed by atoms with Gasteiger partial charge in [0.25, 0.3) is 5.91 Å². The van der Waals surface area contributed by atoms with Gasteiger partial charge in [-0.1, -0.05) is 18.2 Å². The van der Waals surface area contributed by atoms with Crippen LogP contribution >= 0.6 is 0 Å². The number of hydrogen-bond acceptors (Lipinski definition) is 4. The van der Waals surface area contributed by atoms with Crippen LogP contribution < -0.4 is 10.1 Å². The Morgan fingerprint density at radius 1 is 1.30 bits per heavy atom. The van der Waals surface area contributed by atoms with Gasteiger partial charge in [0.15, 0.2) is 0 Å². The molecule has 0 spiro atoms. The van der Waals surface area contributed by atoms with Crippen molar-refractivity contribution >= 4 is 11.6 Å². The van der Waals surface area contributed by atoms with Crippen molar-refractivity contribution in [3.63, 3.8) is 0 Å². The summed E-state index contributed by atoms with van der Waals surface area (Å²) in [4.78, 5) is 16.4. The molecule has 1 amide bonds. The van der Waals surface area contributed by atoms with Crippen LogP contribution in [-0.2, 0) is 0 Å². The van der Waals surface area contributed by atoms with E-state index in [0.717, 1.165) is 5.75 Å². The summed E-state index contributed by atoms with van der Waals surface area (Å²) < 4.78 is 6.78. The molecule has 0 aliphatic rings. The van der Waals surface area contributed by atoms with E-state index in [1.807, 2.05) is 18.2 Å². The van der Waals surface area contributed by atoms with Crippen LogP contribution in [-0.4, -0.2) is 34.1 Å². The number of benzene rings is 1. The number of aromatic nitrogens is 2. The zero-order valence-corrected chi connectivity index (χ0v) is 12.6. The van der Waals surface area contributed by atoms with E-state index >= 15 is 0 Å². The molecule has 0 aliphatic carbocycles. The number of carbonyl (C=O) groups excluding carboxylic acids is 1. The third-order valence-electron chi connectivity index (χ3n) is 3.61. The molecule has 3 rings (SSSR count). The number of nitrogens with one attached hydrogen (secondary N) is 1. The summed E-state index contributed by atoms with van der Waals surface area (Å²) in [7, 11) is 1.58. The van der Waals surface area contributed by atoms with E-state index < -0.39 is 6.10 Å². The van der Waals surface area contributed by atoms with E-state index in [1.165, 1.54) is 6.20 Å². The van der Waals surface area contributed by atoms with Crippen molar-refractivity contribution in [2.45, 2.75) is 6.10 Å². The highest BCUT2D eigenvalue weighted by Crippen LogP contribution is 2.17. The van der Waals surface area contributed by atoms with Crippen molar-refractivity contribution in [3.8, 4) is 5.75 Å². The number of aliphatic hydroxyl groups excluding tert-OH is 1. The first kappa shape index (κ1) is 15.1. The molecule has 2 heterocycles. The monoisotopic (exact) mass is 311 g/mol. The second-order valence-electron chi connectivity index (χ2n) is 5.07. The molecule has 118 valence electrons. The molecule has 6 heteroatoms. The molecule has 0 radical (unpaired) electrons. The lowest BCUT2D eigenvalue weighted by molar-refractivity contribution is 0.0910. The van der Waals surface area contributed by atoms with Crippen LogP contribution in [0.1, 0.15) is 22.2 Å². The summed E-state index contributed by atoms with van der Waals surface area (Å²) in [6.45, 7) is 0.116. The van der Waals surface area contributed by atoms with E-state index in [1.54, 1.807) is 42.0 Å². The zero-order chi connectivity index (χ0) is 16.2. The summed E-state index contributed by atoms with van der Waals surface area (Å²) in [6, 6.07) is 12.6. The molecule has 3 aromatic rings. The number of hydrogen-bond donors (Lipinski definition) is 2. The van der Waals surface area contributed by atoms with Crippen LogP contribution in [0.3, 0.4) is 0 Å². The normalized spacial score (nSPS) is 12.1. The Bertz CT molecular complexity index is 811. The van der Waals surface area contributed by atoms with Crippen molar-refractivity contribution in [1.29, 1.82) is 0 Å². The van der Waals surface area contributed by atoms with Gasteiger partial charge >= 0.3 is 0 Å². The third kappa shape index (κ3) is 3.17. The summed E-state index contributed by atoms with van der Waals surface area (Å²) in [6.07, 6.45) is 2.51. The molecule has 23 heavy (non-hydrogen) atoms. The van der Waals surface area contributed by atoms with Gasteiger partial charge < -0.3 is 15.2 Å². The number of fused-ring (bicyclic) bond motifs is 1. The minimum Gasteiger partial charge on any atom is -0.497 e. The summed E-state index contributed by atoms with van der Waals surface area (Å²) in [5.74, 6) is 0.437. The molecule has 0 saturated carbocycles. The first-order valence-corrected chi connectivity index (χ1v) is 7.21. The fourth-order valence-electron chi connectivity index (χ4n) is 2.32. The molecular formula is C17H17N3O3. The molecule has 1 atom stereocenters. The molecule has 0 aliphatic heterocycles. The molecular weight excluding hydrogens is 294 g/mol. The van der Waals surface area contributed by atoms with Crippen molar-refractivity contribution in [1.82, 2.24) is 14.7 Å². The minimum atomic E-state index is -0.788. The van der Waals surface area contributed by atoms with Crippen molar-refractivity contribution in [3.05, 3.63) is 66.1 Å². The van der Waals surface area contributed by atoms with Gasteiger partial charge in [0.05, 0.1) is 19.4 Å². The Morgan fingerprint density at radius 2 is 2.09 bits per heavy atom. The van der Waals surface area contributed by atoms with Gasteiger partial charge in [-0.3, -0.25) is 9.20 Å². The highest BCUT2D eigenvalue weighted by atomic mass is 16.5. The summed E-state index contributed by atoms with van der Waals surface area (Å²) >= 11 is 0. The average Bonchev–Trinajstić information content (AvgIpc) is 3.03. The topological polar surface area (TPSA) is 75.9 Å². The van der Waals surface area contributed by atoms with Gasteiger partial charge in [-0.25, -0.2) is 4.98 Å². The molecule has 1 aromatic carbocycles. The lowest BCUT2D eigenvalue weighted by Crippen LogP contribution is -2.29. The number of rotatable bonds is 5. The van der Waals surface area contributed by atoms with Gasteiger partial charge in [-0.05, 0) is 29.8 Å². The first-order chi connectivity index (χ1) is 11.2. The van der Waals surface area contributed by atoms with Gasteiger partial charge in [0, 0.05) is 12.7 Å². The predicted molar refractivity (Wildman–Crippen MR) is 85.5 cm³/mol. The van der Waals surface area contributed by atoms with Crippen LogP contribution in [0.5, 0.6) is 5.75 Å². The Morgan fingerprint density at radius 3 is 2.83 bits per heavy atom. The first-order valence-electron chi connectivity index (χ1n) is 7.21. The van der Waals surface area contributed by atoms with Crippen LogP contribution in [0.4, 0.5) is 0 Å². The number of methoxy groups -OCH3 is 1. The Kier molecular flexibility index (Phi) is 4.25. The maximum Gasteiger partial charge on any atom is 0.270 e. The van der Waals surface area contributed by atoms with E-state index in [9.17, 15) is 9.90 Å². The fraction of sp³-hybridized carbons (Fsp3) is 0.176. The number of carbonyl (C=O) groups is 1. The van der Waals surface area contributed by atoms with Crippen molar-refractivity contribution in [2.24, 2.45) is 0 Å². The lowest BCUT2D eigenvalue weighted by Gasteiger charge is -2.12. The number of pyridine rings is 1. The van der Waals surface area contributed by atoms with Crippen LogP contribution in [0, 0.1) is 0 Å². The zero-order valence-electron chi connectivity index (χ0n) is 12.6. The minimum absolute atomic E-state index is 0.116. The molecule has 0 fully saturated rings. The smallest absolute Gasteiger partial charge is 0.270 e. The predicted octanol–water partition coefficient (Wildman–Crippen LogP) is 1.81. The van der Waals surface area contributed by atoms with E-state index in [2.05, 4.69) is 10.3 Å². The molecule has 6 nitrogen and oxygen atoms in total. The second-order valence-corrected chi connectivity index (χ2v) is 5.07. The molecule has 0 bridgehead atoms. The standard InChI is InChI=1S/C17H17N3O3/c1-23-13-7-5-12(6-8-13)15(21)11-19-17(22)14-10-18-16-4-2-3-9-20(14)16/h2-10,15,21H,11H2,1H3,(H,19,22). The maximum atomic E-state index is 12.3. The Hall–Kier alpha value is -2.86. The van der Waals surface area contributed by atoms with Gasteiger partial charge in [-0.15, -0.1) is 0 Å². The molecule has 0 saturated heterocycles. The lowest BCUT2D eigenvalue weighted by atomic mass is 10.1. The van der Waals surface area contributed by atoms with Gasteiger partial charge in [-0.2, -0.15) is 0 Å². The van der Waals surface area contributed by atoms with Crippen molar-refractivity contribution < 1.29 is 14.6 Å². The largest absolute Gasteiger partial charge is 0.497 e. The van der Waals surface area contributed by atoms with E-state index in [-0.39, 0.29) is 12.5 Å². The number of imidazole rings is 1.